The third kappa shape index (κ3) is 9.08. The van der Waals surface area contributed by atoms with Crippen molar-refractivity contribution in [1.82, 2.24) is 10.2 Å². The molecule has 0 aliphatic carbocycles. The summed E-state index contributed by atoms with van der Waals surface area (Å²) in [6.07, 6.45) is 1.34. The fraction of sp³-hybridized carbons (Fsp3) is 0.394. The van der Waals surface area contributed by atoms with Gasteiger partial charge in [-0.05, 0) is 60.2 Å². The van der Waals surface area contributed by atoms with E-state index in [4.69, 9.17) is 4.74 Å². The summed E-state index contributed by atoms with van der Waals surface area (Å²) in [6, 6.07) is 22.9. The first kappa shape index (κ1) is 32.7. The van der Waals surface area contributed by atoms with Crippen molar-refractivity contribution in [1.29, 1.82) is 0 Å². The lowest BCUT2D eigenvalue weighted by molar-refractivity contribution is -0.140. The Morgan fingerprint density at radius 1 is 0.905 bits per heavy atom. The second-order valence-electron chi connectivity index (χ2n) is 11.8. The Labute approximate surface area is 250 Å². The molecule has 0 aliphatic rings. The predicted octanol–water partition coefficient (Wildman–Crippen LogP) is 4.92. The molecule has 1 N–H and O–H groups in total. The molecule has 3 aromatic carbocycles. The first-order valence-corrected chi connectivity index (χ1v) is 15.9. The highest BCUT2D eigenvalue weighted by Gasteiger charge is 2.33. The van der Waals surface area contributed by atoms with Gasteiger partial charge in [0.05, 0.1) is 19.1 Å². The lowest BCUT2D eigenvalue weighted by atomic mass is 9.87. The predicted molar refractivity (Wildman–Crippen MR) is 168 cm³/mol. The minimum atomic E-state index is -3.84. The zero-order chi connectivity index (χ0) is 31.1. The number of nitrogens with zero attached hydrogens (tertiary/aromatic N) is 2. The van der Waals surface area contributed by atoms with E-state index in [1.807, 2.05) is 68.4 Å². The first-order valence-electron chi connectivity index (χ1n) is 14.0. The summed E-state index contributed by atoms with van der Waals surface area (Å²) in [6.45, 7) is 9.57. The molecule has 9 heteroatoms. The summed E-state index contributed by atoms with van der Waals surface area (Å²) in [7, 11) is -2.28. The third-order valence-electron chi connectivity index (χ3n) is 6.89. The van der Waals surface area contributed by atoms with E-state index in [1.165, 1.54) is 4.90 Å². The SMILES string of the molecule is COc1cccc(CN(C(=O)CN(c2ccc(C(C)(C)C)cc2)S(C)(=O)=O)[C@@H](Cc2ccccc2)C(=O)NC(C)C)c1. The summed E-state index contributed by atoms with van der Waals surface area (Å²) in [5.41, 5.74) is 2.93. The number of sulfonamides is 1. The standard InChI is InChI=1S/C33H43N3O5S/c1-24(2)34-32(38)30(21-25-12-9-8-10-13-25)35(22-26-14-11-15-29(20-26)41-6)31(37)23-36(42(7,39)40)28-18-16-27(17-19-28)33(3,4)5/h8-20,24,30H,21-23H2,1-7H3,(H,34,38)/t30-/m0/s1. The van der Waals surface area contributed by atoms with Gasteiger partial charge in [-0.3, -0.25) is 13.9 Å². The zero-order valence-electron chi connectivity index (χ0n) is 25.6. The number of carbonyl (C=O) groups excluding carboxylic acids is 2. The maximum atomic E-state index is 14.2. The van der Waals surface area contributed by atoms with Crippen LogP contribution in [0.3, 0.4) is 0 Å². The first-order chi connectivity index (χ1) is 19.7. The highest BCUT2D eigenvalue weighted by molar-refractivity contribution is 7.92. The number of hydrogen-bond acceptors (Lipinski definition) is 5. The summed E-state index contributed by atoms with van der Waals surface area (Å²) in [5.74, 6) is -0.198. The molecule has 226 valence electrons. The molecule has 0 fully saturated rings. The molecule has 0 aliphatic heterocycles. The van der Waals surface area contributed by atoms with Crippen molar-refractivity contribution in [3.8, 4) is 5.75 Å². The van der Waals surface area contributed by atoms with Crippen LogP contribution in [0.4, 0.5) is 5.69 Å². The van der Waals surface area contributed by atoms with Crippen molar-refractivity contribution < 1.29 is 22.7 Å². The fourth-order valence-corrected chi connectivity index (χ4v) is 5.49. The largest absolute Gasteiger partial charge is 0.497 e. The van der Waals surface area contributed by atoms with E-state index in [1.54, 1.807) is 31.4 Å². The average molecular weight is 594 g/mol. The third-order valence-corrected chi connectivity index (χ3v) is 8.03. The molecule has 0 saturated heterocycles. The van der Waals surface area contributed by atoms with Crippen molar-refractivity contribution in [3.05, 3.63) is 95.6 Å². The van der Waals surface area contributed by atoms with Crippen molar-refractivity contribution >= 4 is 27.5 Å². The molecule has 0 bridgehead atoms. The monoisotopic (exact) mass is 593 g/mol. The molecule has 0 spiro atoms. The van der Waals surface area contributed by atoms with Gasteiger partial charge in [0.25, 0.3) is 0 Å². The summed E-state index contributed by atoms with van der Waals surface area (Å²) in [4.78, 5) is 29.3. The minimum absolute atomic E-state index is 0.0829. The van der Waals surface area contributed by atoms with Gasteiger partial charge in [-0.2, -0.15) is 0 Å². The number of nitrogens with one attached hydrogen (secondary N) is 1. The van der Waals surface area contributed by atoms with Crippen LogP contribution < -0.4 is 14.4 Å². The second-order valence-corrected chi connectivity index (χ2v) is 13.7. The molecule has 3 rings (SSSR count). The van der Waals surface area contributed by atoms with Crippen molar-refractivity contribution in [3.63, 3.8) is 0 Å². The number of benzene rings is 3. The van der Waals surface area contributed by atoms with E-state index >= 15 is 0 Å². The number of ether oxygens (including phenoxy) is 1. The summed E-state index contributed by atoms with van der Waals surface area (Å²) in [5, 5.41) is 2.95. The Morgan fingerprint density at radius 2 is 1.52 bits per heavy atom. The van der Waals surface area contributed by atoms with Gasteiger partial charge in [0.2, 0.25) is 21.8 Å². The molecular weight excluding hydrogens is 550 g/mol. The average Bonchev–Trinajstić information content (AvgIpc) is 2.92. The topological polar surface area (TPSA) is 96.0 Å². The Balaban J connectivity index is 2.06. The molecule has 0 radical (unpaired) electrons. The van der Waals surface area contributed by atoms with Crippen LogP contribution in [0.25, 0.3) is 0 Å². The molecule has 42 heavy (non-hydrogen) atoms. The van der Waals surface area contributed by atoms with E-state index in [9.17, 15) is 18.0 Å². The number of methoxy groups -OCH3 is 1. The van der Waals surface area contributed by atoms with Crippen LogP contribution in [-0.2, 0) is 38.0 Å². The summed E-state index contributed by atoms with van der Waals surface area (Å²) >= 11 is 0. The maximum absolute atomic E-state index is 14.2. The fourth-order valence-electron chi connectivity index (χ4n) is 4.64. The van der Waals surface area contributed by atoms with Crippen LogP contribution in [0, 0.1) is 0 Å². The highest BCUT2D eigenvalue weighted by Crippen LogP contribution is 2.27. The lowest BCUT2D eigenvalue weighted by Crippen LogP contribution is -2.54. The number of amides is 2. The van der Waals surface area contributed by atoms with Crippen LogP contribution in [0.2, 0.25) is 0 Å². The second kappa shape index (κ2) is 13.9. The molecule has 1 atom stereocenters. The van der Waals surface area contributed by atoms with Gasteiger partial charge < -0.3 is 15.0 Å². The van der Waals surface area contributed by atoms with Gasteiger partial charge in [0, 0.05) is 19.0 Å². The Hall–Kier alpha value is -3.85. The van der Waals surface area contributed by atoms with Gasteiger partial charge in [-0.1, -0.05) is 75.4 Å². The van der Waals surface area contributed by atoms with E-state index in [2.05, 4.69) is 26.1 Å². The number of anilines is 1. The quantitative estimate of drug-likeness (QED) is 0.322. The Bertz CT molecular complexity index is 1450. The van der Waals surface area contributed by atoms with Gasteiger partial charge in [-0.15, -0.1) is 0 Å². The maximum Gasteiger partial charge on any atom is 0.244 e. The Morgan fingerprint density at radius 3 is 2.07 bits per heavy atom. The van der Waals surface area contributed by atoms with Gasteiger partial charge in [0.15, 0.2) is 0 Å². The van der Waals surface area contributed by atoms with Crippen LogP contribution in [0.15, 0.2) is 78.9 Å². The normalized spacial score (nSPS) is 12.5. The molecule has 0 aromatic heterocycles. The van der Waals surface area contributed by atoms with Gasteiger partial charge in [0.1, 0.15) is 18.3 Å². The van der Waals surface area contributed by atoms with Crippen molar-refractivity contribution in [2.75, 3.05) is 24.2 Å². The number of hydrogen-bond donors (Lipinski definition) is 1. The summed E-state index contributed by atoms with van der Waals surface area (Å²) < 4.78 is 32.5. The van der Waals surface area contributed by atoms with Crippen LogP contribution in [0.1, 0.15) is 51.3 Å². The molecule has 2 amide bonds. The van der Waals surface area contributed by atoms with E-state index < -0.39 is 28.5 Å². The Kier molecular flexibility index (Phi) is 10.8. The van der Waals surface area contributed by atoms with Crippen LogP contribution in [-0.4, -0.2) is 57.1 Å². The zero-order valence-corrected chi connectivity index (χ0v) is 26.4. The molecule has 0 heterocycles. The van der Waals surface area contributed by atoms with Gasteiger partial charge in [-0.25, -0.2) is 8.42 Å². The van der Waals surface area contributed by atoms with Crippen LogP contribution in [0.5, 0.6) is 5.75 Å². The van der Waals surface area contributed by atoms with E-state index in [-0.39, 0.29) is 30.3 Å². The molecule has 0 unspecified atom stereocenters. The van der Waals surface area contributed by atoms with E-state index in [0.29, 0.717) is 11.4 Å². The van der Waals surface area contributed by atoms with Crippen LogP contribution >= 0.6 is 0 Å². The van der Waals surface area contributed by atoms with Gasteiger partial charge >= 0.3 is 0 Å². The van der Waals surface area contributed by atoms with Crippen molar-refractivity contribution in [2.24, 2.45) is 0 Å². The number of carbonyl (C=O) groups is 2. The highest BCUT2D eigenvalue weighted by atomic mass is 32.2. The smallest absolute Gasteiger partial charge is 0.244 e. The van der Waals surface area contributed by atoms with E-state index in [0.717, 1.165) is 27.3 Å². The molecule has 3 aromatic rings. The number of rotatable bonds is 12. The minimum Gasteiger partial charge on any atom is -0.497 e. The molecule has 8 nitrogen and oxygen atoms in total. The molecular formula is C33H43N3O5S. The van der Waals surface area contributed by atoms with Crippen molar-refractivity contribution in [2.45, 2.75) is 65.1 Å². The lowest BCUT2D eigenvalue weighted by Gasteiger charge is -2.34. The molecule has 0 saturated carbocycles.